The molecule has 1 aromatic heterocycles. The van der Waals surface area contributed by atoms with Gasteiger partial charge in [0, 0.05) is 12.6 Å². The summed E-state index contributed by atoms with van der Waals surface area (Å²) < 4.78 is 1.44. The number of carbonyl (C=O) groups is 2. The first-order valence-electron chi connectivity index (χ1n) is 7.49. The molecule has 7 heteroatoms. The third-order valence-electron chi connectivity index (χ3n) is 3.94. The Balaban J connectivity index is 2.15. The Hall–Kier alpha value is -1.92. The maximum atomic E-state index is 12.4. The predicted molar refractivity (Wildman–Crippen MR) is 76.0 cm³/mol. The average molecular weight is 294 g/mol. The first-order chi connectivity index (χ1) is 10.0. The van der Waals surface area contributed by atoms with Gasteiger partial charge in [-0.3, -0.25) is 4.79 Å². The van der Waals surface area contributed by atoms with Crippen molar-refractivity contribution in [1.29, 1.82) is 0 Å². The fourth-order valence-electron chi connectivity index (χ4n) is 2.80. The van der Waals surface area contributed by atoms with Crippen LogP contribution in [-0.4, -0.2) is 49.5 Å². The van der Waals surface area contributed by atoms with E-state index in [1.54, 1.807) is 0 Å². The Morgan fingerprint density at radius 1 is 1.38 bits per heavy atom. The van der Waals surface area contributed by atoms with Crippen molar-refractivity contribution in [1.82, 2.24) is 19.9 Å². The number of hydrogen-bond donors (Lipinski definition) is 1. The lowest BCUT2D eigenvalue weighted by Crippen LogP contribution is -2.43. The van der Waals surface area contributed by atoms with Crippen molar-refractivity contribution in [3.63, 3.8) is 0 Å². The van der Waals surface area contributed by atoms with Gasteiger partial charge < -0.3 is 10.0 Å². The van der Waals surface area contributed by atoms with E-state index in [0.29, 0.717) is 12.1 Å². The van der Waals surface area contributed by atoms with E-state index < -0.39 is 5.97 Å². The molecule has 7 nitrogen and oxygen atoms in total. The van der Waals surface area contributed by atoms with E-state index in [0.717, 1.165) is 32.2 Å². The third-order valence-corrected chi connectivity index (χ3v) is 3.94. The maximum Gasteiger partial charge on any atom is 0.358 e. The van der Waals surface area contributed by atoms with Crippen molar-refractivity contribution in [2.75, 3.05) is 6.54 Å². The van der Waals surface area contributed by atoms with Crippen LogP contribution in [0.3, 0.4) is 0 Å². The van der Waals surface area contributed by atoms with Gasteiger partial charge in [0.2, 0.25) is 5.91 Å². The van der Waals surface area contributed by atoms with Crippen molar-refractivity contribution >= 4 is 11.9 Å². The Kier molecular flexibility index (Phi) is 4.93. The predicted octanol–water partition coefficient (Wildman–Crippen LogP) is 1.33. The molecule has 2 rings (SSSR count). The van der Waals surface area contributed by atoms with E-state index in [1.807, 2.05) is 18.7 Å². The molecule has 1 atom stereocenters. The first kappa shape index (κ1) is 15.5. The lowest BCUT2D eigenvalue weighted by Gasteiger charge is -2.33. The molecule has 2 heterocycles. The number of nitrogens with zero attached hydrogens (tertiary/aromatic N) is 4. The standard InChI is InChI=1S/C14H22N4O3/c1-3-6-11-13(14(20)21)15-16-18(11)9-12(19)17-8-5-4-7-10(17)2/h10H,3-9H2,1-2H3,(H,20,21). The fraction of sp³-hybridized carbons (Fsp3) is 0.714. The van der Waals surface area contributed by atoms with Crippen molar-refractivity contribution in [3.8, 4) is 0 Å². The third kappa shape index (κ3) is 3.40. The number of piperidine rings is 1. The summed E-state index contributed by atoms with van der Waals surface area (Å²) in [7, 11) is 0. The van der Waals surface area contributed by atoms with Crippen LogP contribution in [0.25, 0.3) is 0 Å². The van der Waals surface area contributed by atoms with Crippen molar-refractivity contribution in [3.05, 3.63) is 11.4 Å². The lowest BCUT2D eigenvalue weighted by atomic mass is 10.0. The topological polar surface area (TPSA) is 88.3 Å². The second-order valence-corrected chi connectivity index (χ2v) is 5.53. The number of likely N-dealkylation sites (tertiary alicyclic amines) is 1. The summed E-state index contributed by atoms with van der Waals surface area (Å²) in [5, 5.41) is 16.7. The molecule has 0 saturated carbocycles. The molecule has 1 N–H and O–H groups in total. The van der Waals surface area contributed by atoms with Gasteiger partial charge in [-0.1, -0.05) is 18.6 Å². The second-order valence-electron chi connectivity index (χ2n) is 5.53. The maximum absolute atomic E-state index is 12.4. The molecule has 0 aliphatic carbocycles. The Labute approximate surface area is 123 Å². The minimum atomic E-state index is -1.09. The molecule has 0 spiro atoms. The summed E-state index contributed by atoms with van der Waals surface area (Å²) in [5.74, 6) is -1.11. The van der Waals surface area contributed by atoms with E-state index in [4.69, 9.17) is 5.11 Å². The number of carboxylic acids is 1. The van der Waals surface area contributed by atoms with E-state index in [1.165, 1.54) is 4.68 Å². The van der Waals surface area contributed by atoms with Crippen LogP contribution in [0.2, 0.25) is 0 Å². The summed E-state index contributed by atoms with van der Waals surface area (Å²) in [6.45, 7) is 4.84. The number of hydrogen-bond acceptors (Lipinski definition) is 4. The molecular formula is C14H22N4O3. The van der Waals surface area contributed by atoms with Crippen molar-refractivity contribution < 1.29 is 14.7 Å². The Bertz CT molecular complexity index is 526. The highest BCUT2D eigenvalue weighted by atomic mass is 16.4. The number of carboxylic acid groups (broad SMARTS) is 1. The SMILES string of the molecule is CCCc1c(C(=O)O)nnn1CC(=O)N1CCCCC1C. The summed E-state index contributed by atoms with van der Waals surface area (Å²) >= 11 is 0. The zero-order valence-corrected chi connectivity index (χ0v) is 12.6. The van der Waals surface area contributed by atoms with Gasteiger partial charge in [-0.2, -0.15) is 0 Å². The summed E-state index contributed by atoms with van der Waals surface area (Å²) in [4.78, 5) is 25.4. The number of rotatable bonds is 5. The summed E-state index contributed by atoms with van der Waals surface area (Å²) in [6.07, 6.45) is 4.53. The van der Waals surface area contributed by atoms with Gasteiger partial charge in [0.15, 0.2) is 5.69 Å². The molecule has 1 amide bonds. The summed E-state index contributed by atoms with van der Waals surface area (Å²) in [6, 6.07) is 0.239. The Morgan fingerprint density at radius 2 is 2.14 bits per heavy atom. The van der Waals surface area contributed by atoms with Gasteiger partial charge in [-0.05, 0) is 32.6 Å². The number of amides is 1. The molecule has 116 valence electrons. The molecule has 1 unspecified atom stereocenters. The Morgan fingerprint density at radius 3 is 2.76 bits per heavy atom. The number of carbonyl (C=O) groups excluding carboxylic acids is 1. The largest absolute Gasteiger partial charge is 0.476 e. The molecule has 1 aromatic rings. The van der Waals surface area contributed by atoms with Crippen LogP contribution in [0.4, 0.5) is 0 Å². The molecule has 0 radical (unpaired) electrons. The van der Waals surface area contributed by atoms with Crippen LogP contribution < -0.4 is 0 Å². The summed E-state index contributed by atoms with van der Waals surface area (Å²) in [5.41, 5.74) is 0.486. The molecule has 0 aromatic carbocycles. The van der Waals surface area contributed by atoms with Crippen molar-refractivity contribution in [2.45, 2.75) is 58.5 Å². The fourth-order valence-corrected chi connectivity index (χ4v) is 2.80. The van der Waals surface area contributed by atoms with E-state index in [9.17, 15) is 9.59 Å². The van der Waals surface area contributed by atoms with E-state index in [-0.39, 0.29) is 24.2 Å². The molecule has 1 saturated heterocycles. The van der Waals surface area contributed by atoms with Crippen molar-refractivity contribution in [2.24, 2.45) is 0 Å². The molecule has 21 heavy (non-hydrogen) atoms. The zero-order chi connectivity index (χ0) is 15.4. The molecule has 0 bridgehead atoms. The second kappa shape index (κ2) is 6.69. The minimum Gasteiger partial charge on any atom is -0.476 e. The lowest BCUT2D eigenvalue weighted by molar-refractivity contribution is -0.135. The van der Waals surface area contributed by atoms with Gasteiger partial charge in [0.25, 0.3) is 0 Å². The molecule has 1 aliphatic rings. The average Bonchev–Trinajstić information content (AvgIpc) is 2.83. The molecule has 1 fully saturated rings. The van der Waals surface area contributed by atoms with Crippen LogP contribution >= 0.6 is 0 Å². The number of aromatic carboxylic acids is 1. The van der Waals surface area contributed by atoms with Crippen LogP contribution in [-0.2, 0) is 17.8 Å². The van der Waals surface area contributed by atoms with Gasteiger partial charge in [0.05, 0.1) is 5.69 Å². The zero-order valence-electron chi connectivity index (χ0n) is 12.6. The quantitative estimate of drug-likeness (QED) is 0.885. The highest BCUT2D eigenvalue weighted by Gasteiger charge is 2.25. The van der Waals surface area contributed by atoms with Gasteiger partial charge >= 0.3 is 5.97 Å². The van der Waals surface area contributed by atoms with E-state index in [2.05, 4.69) is 10.3 Å². The normalized spacial score (nSPS) is 18.8. The minimum absolute atomic E-state index is 0.0126. The van der Waals surface area contributed by atoms with Crippen LogP contribution in [0.1, 0.15) is 55.7 Å². The van der Waals surface area contributed by atoms with Crippen LogP contribution in [0, 0.1) is 0 Å². The van der Waals surface area contributed by atoms with Crippen LogP contribution in [0.15, 0.2) is 0 Å². The highest BCUT2D eigenvalue weighted by molar-refractivity contribution is 5.86. The smallest absolute Gasteiger partial charge is 0.358 e. The van der Waals surface area contributed by atoms with Crippen LogP contribution in [0.5, 0.6) is 0 Å². The van der Waals surface area contributed by atoms with E-state index >= 15 is 0 Å². The highest BCUT2D eigenvalue weighted by Crippen LogP contribution is 2.17. The number of aromatic nitrogens is 3. The van der Waals surface area contributed by atoms with Gasteiger partial charge in [0.1, 0.15) is 6.54 Å². The molecular weight excluding hydrogens is 272 g/mol. The van der Waals surface area contributed by atoms with Gasteiger partial charge in [-0.15, -0.1) is 5.10 Å². The monoisotopic (exact) mass is 294 g/mol. The van der Waals surface area contributed by atoms with Gasteiger partial charge in [-0.25, -0.2) is 9.48 Å². The molecule has 1 aliphatic heterocycles. The first-order valence-corrected chi connectivity index (χ1v) is 7.49.